The Morgan fingerprint density at radius 3 is 2.73 bits per heavy atom. The first kappa shape index (κ1) is 17.3. The lowest BCUT2D eigenvalue weighted by Gasteiger charge is -2.15. The van der Waals surface area contributed by atoms with Crippen LogP contribution in [0.5, 0.6) is 0 Å². The molecule has 7 nitrogen and oxygen atoms in total. The Morgan fingerprint density at radius 2 is 1.92 bits per heavy atom. The summed E-state index contributed by atoms with van der Waals surface area (Å²) in [6.07, 6.45) is 1.42. The van der Waals surface area contributed by atoms with Crippen molar-refractivity contribution in [2.45, 2.75) is 30.0 Å². The van der Waals surface area contributed by atoms with Gasteiger partial charge in [0.2, 0.25) is 0 Å². The second-order valence-electron chi connectivity index (χ2n) is 6.46. The molecule has 4 rings (SSSR count). The van der Waals surface area contributed by atoms with Gasteiger partial charge in [-0.1, -0.05) is 30.3 Å². The Balaban J connectivity index is 1.46. The third kappa shape index (κ3) is 3.16. The number of aromatic amines is 1. The van der Waals surface area contributed by atoms with Crippen molar-refractivity contribution >= 4 is 28.6 Å². The molecule has 1 aromatic carbocycles. The van der Waals surface area contributed by atoms with E-state index in [0.717, 1.165) is 11.3 Å². The number of fused-ring (bicyclic) bond motifs is 1. The van der Waals surface area contributed by atoms with Gasteiger partial charge in [0.1, 0.15) is 17.9 Å². The molecule has 26 heavy (non-hydrogen) atoms. The van der Waals surface area contributed by atoms with Crippen LogP contribution in [0.1, 0.15) is 17.2 Å². The lowest BCUT2D eigenvalue weighted by atomic mass is 10.0. The summed E-state index contributed by atoms with van der Waals surface area (Å²) in [6.45, 7) is 0. The van der Waals surface area contributed by atoms with Crippen molar-refractivity contribution < 1.29 is 10.2 Å². The molecule has 1 aliphatic rings. The van der Waals surface area contributed by atoms with Gasteiger partial charge in [-0.15, -0.1) is 0 Å². The predicted molar refractivity (Wildman–Crippen MR) is 103 cm³/mol. The average molecular weight is 371 g/mol. The molecule has 0 spiro atoms. The fourth-order valence-corrected chi connectivity index (χ4v) is 4.47. The van der Waals surface area contributed by atoms with Gasteiger partial charge in [0.25, 0.3) is 0 Å². The highest BCUT2D eigenvalue weighted by atomic mass is 32.2. The van der Waals surface area contributed by atoms with Crippen LogP contribution in [0.25, 0.3) is 11.0 Å². The monoisotopic (exact) mass is 371 g/mol. The van der Waals surface area contributed by atoms with Crippen LogP contribution in [0.15, 0.2) is 42.9 Å². The summed E-state index contributed by atoms with van der Waals surface area (Å²) >= 11 is 1.73. The van der Waals surface area contributed by atoms with Crippen molar-refractivity contribution in [2.75, 3.05) is 11.5 Å². The number of nitrogens with two attached hydrogens (primary N) is 1. The second-order valence-corrected chi connectivity index (χ2v) is 7.49. The maximum Gasteiger partial charge on any atom is 0.151 e. The van der Waals surface area contributed by atoms with Gasteiger partial charge in [0, 0.05) is 29.3 Å². The van der Waals surface area contributed by atoms with Gasteiger partial charge in [-0.3, -0.25) is 0 Å². The summed E-state index contributed by atoms with van der Waals surface area (Å²) in [5, 5.41) is 24.3. The van der Waals surface area contributed by atoms with Crippen molar-refractivity contribution in [2.24, 2.45) is 0 Å². The number of rotatable bonds is 5. The molecular weight excluding hydrogens is 350 g/mol. The summed E-state index contributed by atoms with van der Waals surface area (Å²) in [6, 6.07) is 9.59. The van der Waals surface area contributed by atoms with Crippen LogP contribution in [-0.4, -0.2) is 49.2 Å². The van der Waals surface area contributed by atoms with Gasteiger partial charge in [-0.2, -0.15) is 11.8 Å². The summed E-state index contributed by atoms with van der Waals surface area (Å²) in [5.41, 5.74) is 9.20. The molecule has 3 aromatic rings. The Morgan fingerprint density at radius 1 is 1.12 bits per heavy atom. The standard InChI is InChI=1S/C18H21N5O2S/c19-18-15-13(21-9-22-18)11(6-20-15)14-17(25)16(24)12(23-14)8-26-7-10-4-2-1-3-5-10/h1-6,9,12,14,16-17,20,23-25H,7-8H2,(H2,19,21,22)/t12-,14+,16+,17?/m1/s1. The van der Waals surface area contributed by atoms with Crippen LogP contribution < -0.4 is 11.1 Å². The molecule has 0 bridgehead atoms. The minimum atomic E-state index is -0.910. The Kier molecular flexibility index (Phi) is 4.82. The Bertz CT molecular complexity index is 888. The van der Waals surface area contributed by atoms with Gasteiger partial charge >= 0.3 is 0 Å². The molecule has 136 valence electrons. The molecule has 4 atom stereocenters. The molecule has 0 saturated carbocycles. The minimum Gasteiger partial charge on any atom is -0.389 e. The average Bonchev–Trinajstić information content (AvgIpc) is 3.20. The SMILES string of the molecule is Nc1ncnc2c([C@@H]3N[C@H](CSCc4ccccc4)[C@H](O)C3O)c[nH]c12. The smallest absolute Gasteiger partial charge is 0.151 e. The molecule has 2 aromatic heterocycles. The first-order chi connectivity index (χ1) is 12.6. The van der Waals surface area contributed by atoms with Crippen molar-refractivity contribution in [3.63, 3.8) is 0 Å². The number of nitrogens with one attached hydrogen (secondary N) is 2. The van der Waals surface area contributed by atoms with E-state index in [0.29, 0.717) is 22.6 Å². The third-order valence-electron chi connectivity index (χ3n) is 4.76. The number of aliphatic hydroxyl groups excluding tert-OH is 2. The Hall–Kier alpha value is -2.13. The van der Waals surface area contributed by atoms with E-state index in [1.165, 1.54) is 11.9 Å². The summed E-state index contributed by atoms with van der Waals surface area (Å²) in [4.78, 5) is 11.3. The highest BCUT2D eigenvalue weighted by molar-refractivity contribution is 7.98. The number of nitrogens with zero attached hydrogens (tertiary/aromatic N) is 2. The molecule has 0 radical (unpaired) electrons. The number of hydrogen-bond donors (Lipinski definition) is 5. The van der Waals surface area contributed by atoms with Crippen molar-refractivity contribution in [3.05, 3.63) is 54.0 Å². The quantitative estimate of drug-likeness (QED) is 0.457. The Labute approximate surface area is 155 Å². The molecular formula is C18H21N5O2S. The number of benzene rings is 1. The van der Waals surface area contributed by atoms with E-state index >= 15 is 0 Å². The minimum absolute atomic E-state index is 0.201. The zero-order valence-electron chi connectivity index (χ0n) is 14.0. The van der Waals surface area contributed by atoms with E-state index in [-0.39, 0.29) is 6.04 Å². The van der Waals surface area contributed by atoms with Crippen LogP contribution in [0.2, 0.25) is 0 Å². The number of hydrogen-bond acceptors (Lipinski definition) is 7. The zero-order valence-corrected chi connectivity index (χ0v) is 14.9. The topological polar surface area (TPSA) is 120 Å². The largest absolute Gasteiger partial charge is 0.389 e. The molecule has 6 N–H and O–H groups in total. The number of aromatic nitrogens is 3. The van der Waals surface area contributed by atoms with Gasteiger partial charge < -0.3 is 26.2 Å². The van der Waals surface area contributed by atoms with Gasteiger partial charge in [0.15, 0.2) is 5.82 Å². The van der Waals surface area contributed by atoms with E-state index in [9.17, 15) is 10.2 Å². The maximum atomic E-state index is 10.5. The highest BCUT2D eigenvalue weighted by Gasteiger charge is 2.42. The second kappa shape index (κ2) is 7.24. The van der Waals surface area contributed by atoms with Crippen LogP contribution in [0.4, 0.5) is 5.82 Å². The van der Waals surface area contributed by atoms with Crippen LogP contribution >= 0.6 is 11.8 Å². The van der Waals surface area contributed by atoms with Crippen molar-refractivity contribution in [3.8, 4) is 0 Å². The van der Waals surface area contributed by atoms with Crippen LogP contribution in [0.3, 0.4) is 0 Å². The van der Waals surface area contributed by atoms with E-state index in [2.05, 4.69) is 32.4 Å². The molecule has 1 unspecified atom stereocenters. The molecule has 1 saturated heterocycles. The lowest BCUT2D eigenvalue weighted by molar-refractivity contribution is 0.0308. The van der Waals surface area contributed by atoms with Crippen LogP contribution in [-0.2, 0) is 5.75 Å². The molecule has 1 fully saturated rings. The number of nitrogen functional groups attached to an aromatic ring is 1. The third-order valence-corrected chi connectivity index (χ3v) is 5.90. The number of anilines is 1. The molecule has 0 amide bonds. The molecule has 8 heteroatoms. The van der Waals surface area contributed by atoms with Gasteiger partial charge in [-0.25, -0.2) is 9.97 Å². The zero-order chi connectivity index (χ0) is 18.1. The maximum absolute atomic E-state index is 10.5. The van der Waals surface area contributed by atoms with E-state index in [1.54, 1.807) is 18.0 Å². The number of H-pyrrole nitrogens is 1. The van der Waals surface area contributed by atoms with Crippen LogP contribution in [0, 0.1) is 0 Å². The van der Waals surface area contributed by atoms with E-state index in [4.69, 9.17) is 5.73 Å². The van der Waals surface area contributed by atoms with Gasteiger partial charge in [0.05, 0.1) is 17.7 Å². The number of aliphatic hydroxyl groups is 2. The van der Waals surface area contributed by atoms with Crippen molar-refractivity contribution in [1.29, 1.82) is 0 Å². The fraction of sp³-hybridized carbons (Fsp3) is 0.333. The normalized spacial score (nSPS) is 25.8. The summed E-state index contributed by atoms with van der Waals surface area (Å²) in [5.74, 6) is 1.93. The predicted octanol–water partition coefficient (Wildman–Crippen LogP) is 1.21. The van der Waals surface area contributed by atoms with Gasteiger partial charge in [-0.05, 0) is 5.56 Å². The summed E-state index contributed by atoms with van der Waals surface area (Å²) in [7, 11) is 0. The lowest BCUT2D eigenvalue weighted by Crippen LogP contribution is -2.35. The summed E-state index contributed by atoms with van der Waals surface area (Å²) < 4.78 is 0. The fourth-order valence-electron chi connectivity index (χ4n) is 3.38. The van der Waals surface area contributed by atoms with Crippen molar-refractivity contribution in [1.82, 2.24) is 20.3 Å². The molecule has 0 aliphatic carbocycles. The number of thioether (sulfide) groups is 1. The molecule has 3 heterocycles. The highest BCUT2D eigenvalue weighted by Crippen LogP contribution is 2.33. The molecule has 1 aliphatic heterocycles. The first-order valence-electron chi connectivity index (χ1n) is 8.46. The van der Waals surface area contributed by atoms with E-state index < -0.39 is 18.2 Å². The van der Waals surface area contributed by atoms with E-state index in [1.807, 2.05) is 18.2 Å². The first-order valence-corrected chi connectivity index (χ1v) is 9.62.